The number of sulfonamides is 1. The summed E-state index contributed by atoms with van der Waals surface area (Å²) in [4.78, 5) is 25.5. The molecule has 3 aromatic carbocycles. The highest BCUT2D eigenvalue weighted by Crippen LogP contribution is 2.49. The fourth-order valence-corrected chi connectivity index (χ4v) is 6.20. The monoisotopic (exact) mass is 570 g/mol. The molecule has 0 radical (unpaired) electrons. The highest BCUT2D eigenvalue weighted by Gasteiger charge is 2.52. The van der Waals surface area contributed by atoms with Gasteiger partial charge in [0.1, 0.15) is 17.2 Å². The molecule has 4 rings (SSSR count). The molecule has 0 bridgehead atoms. The lowest BCUT2D eigenvalue weighted by atomic mass is 9.96. The second kappa shape index (κ2) is 11.3. The zero-order valence-corrected chi connectivity index (χ0v) is 23.9. The van der Waals surface area contributed by atoms with Crippen molar-refractivity contribution in [3.8, 4) is 5.75 Å². The quantitative estimate of drug-likeness (QED) is 0.328. The van der Waals surface area contributed by atoms with Crippen molar-refractivity contribution >= 4 is 44.9 Å². The zero-order valence-electron chi connectivity index (χ0n) is 22.3. The molecule has 1 saturated carbocycles. The van der Waals surface area contributed by atoms with E-state index in [0.29, 0.717) is 30.2 Å². The number of aryl methyl sites for hydroxylation is 2. The van der Waals surface area contributed by atoms with Crippen LogP contribution in [0.5, 0.6) is 5.75 Å². The summed E-state index contributed by atoms with van der Waals surface area (Å²) < 4.78 is 39.4. The normalized spacial score (nSPS) is 13.9. The summed E-state index contributed by atoms with van der Waals surface area (Å²) in [6.45, 7) is 5.16. The number of nitrogens with one attached hydrogen (secondary N) is 1. The number of esters is 1. The maximum atomic E-state index is 13.9. The number of benzene rings is 3. The highest BCUT2D eigenvalue weighted by atomic mass is 35.5. The maximum absolute atomic E-state index is 13.9. The Bertz CT molecular complexity index is 1500. The minimum atomic E-state index is -4.23. The van der Waals surface area contributed by atoms with Crippen molar-refractivity contribution in [2.45, 2.75) is 43.9 Å². The van der Waals surface area contributed by atoms with Crippen molar-refractivity contribution in [1.29, 1.82) is 0 Å². The van der Waals surface area contributed by atoms with Crippen LogP contribution in [0.1, 0.15) is 36.5 Å². The molecule has 0 aliphatic heterocycles. The van der Waals surface area contributed by atoms with Gasteiger partial charge in [-0.1, -0.05) is 35.9 Å². The van der Waals surface area contributed by atoms with Crippen LogP contribution in [0.2, 0.25) is 5.02 Å². The standard InChI is InChI=1S/C29H31ClN2O6S/c1-5-38-28(34)29(14-15-29)21-8-10-22(11-9-21)31-27(33)18-32(23-12-7-20(3)24(30)17-23)39(35,36)26-16-19(2)6-13-25(26)37-4/h6-13,16-17H,5,14-15,18H2,1-4H3,(H,31,33). The zero-order chi connectivity index (χ0) is 28.4. The first-order valence-electron chi connectivity index (χ1n) is 12.5. The van der Waals surface area contributed by atoms with Gasteiger partial charge in [-0.15, -0.1) is 0 Å². The third-order valence-electron chi connectivity index (χ3n) is 6.76. The van der Waals surface area contributed by atoms with Crippen molar-refractivity contribution in [1.82, 2.24) is 0 Å². The average molecular weight is 571 g/mol. The number of anilines is 2. The lowest BCUT2D eigenvalue weighted by Crippen LogP contribution is -2.38. The molecule has 1 amide bonds. The Hall–Kier alpha value is -3.56. The van der Waals surface area contributed by atoms with Crippen LogP contribution in [-0.4, -0.2) is 40.6 Å². The molecule has 8 nitrogen and oxygen atoms in total. The molecule has 1 aliphatic carbocycles. The molecule has 10 heteroatoms. The molecule has 1 aliphatic rings. The number of hydrogen-bond donors (Lipinski definition) is 1. The summed E-state index contributed by atoms with van der Waals surface area (Å²) in [5, 5.41) is 3.13. The van der Waals surface area contributed by atoms with Crippen LogP contribution in [0.25, 0.3) is 0 Å². The van der Waals surface area contributed by atoms with Gasteiger partial charge in [-0.05, 0) is 86.7 Å². The Labute approximate surface area is 233 Å². The summed E-state index contributed by atoms with van der Waals surface area (Å²) in [6, 6.07) is 16.6. The van der Waals surface area contributed by atoms with Crippen LogP contribution in [0.3, 0.4) is 0 Å². The number of nitrogens with zero attached hydrogens (tertiary/aromatic N) is 1. The van der Waals surface area contributed by atoms with E-state index in [0.717, 1.165) is 21.0 Å². The number of hydrogen-bond acceptors (Lipinski definition) is 6. The van der Waals surface area contributed by atoms with E-state index in [2.05, 4.69) is 5.32 Å². The van der Waals surface area contributed by atoms with Crippen LogP contribution < -0.4 is 14.4 Å². The molecular formula is C29H31ClN2O6S. The van der Waals surface area contributed by atoms with Crippen molar-refractivity contribution in [3.63, 3.8) is 0 Å². The first kappa shape index (κ1) is 28.4. The molecule has 1 fully saturated rings. The summed E-state index contributed by atoms with van der Waals surface area (Å²) in [5.74, 6) is -0.637. The van der Waals surface area contributed by atoms with Gasteiger partial charge in [-0.3, -0.25) is 13.9 Å². The number of halogens is 1. The third-order valence-corrected chi connectivity index (χ3v) is 8.96. The second-order valence-corrected chi connectivity index (χ2v) is 11.8. The number of carbonyl (C=O) groups excluding carboxylic acids is 2. The van der Waals surface area contributed by atoms with Gasteiger partial charge >= 0.3 is 5.97 Å². The molecule has 0 saturated heterocycles. The molecule has 0 spiro atoms. The maximum Gasteiger partial charge on any atom is 0.316 e. The predicted molar refractivity (Wildman–Crippen MR) is 151 cm³/mol. The van der Waals surface area contributed by atoms with Gasteiger partial charge in [-0.25, -0.2) is 8.42 Å². The van der Waals surface area contributed by atoms with E-state index in [-0.39, 0.29) is 22.3 Å². The summed E-state index contributed by atoms with van der Waals surface area (Å²) >= 11 is 6.32. The fourth-order valence-electron chi connectivity index (χ4n) is 4.36. The van der Waals surface area contributed by atoms with Crippen LogP contribution in [-0.2, 0) is 29.8 Å². The highest BCUT2D eigenvalue weighted by molar-refractivity contribution is 7.93. The number of methoxy groups -OCH3 is 1. The Morgan fingerprint density at radius 2 is 1.72 bits per heavy atom. The van der Waals surface area contributed by atoms with Crippen molar-refractivity contribution < 1.29 is 27.5 Å². The number of amides is 1. The van der Waals surface area contributed by atoms with E-state index < -0.39 is 27.9 Å². The van der Waals surface area contributed by atoms with E-state index in [4.69, 9.17) is 21.1 Å². The largest absolute Gasteiger partial charge is 0.495 e. The van der Waals surface area contributed by atoms with Gasteiger partial charge < -0.3 is 14.8 Å². The predicted octanol–water partition coefficient (Wildman–Crippen LogP) is 5.39. The molecule has 206 valence electrons. The molecule has 0 heterocycles. The molecule has 3 aromatic rings. The average Bonchev–Trinajstić information content (AvgIpc) is 3.72. The first-order chi connectivity index (χ1) is 18.5. The van der Waals surface area contributed by atoms with E-state index in [1.165, 1.54) is 19.2 Å². The van der Waals surface area contributed by atoms with Crippen LogP contribution in [0.4, 0.5) is 11.4 Å². The first-order valence-corrected chi connectivity index (χ1v) is 14.3. The Morgan fingerprint density at radius 3 is 2.31 bits per heavy atom. The number of ether oxygens (including phenoxy) is 2. The van der Waals surface area contributed by atoms with Crippen LogP contribution in [0, 0.1) is 13.8 Å². The number of carbonyl (C=O) groups is 2. The van der Waals surface area contributed by atoms with Gasteiger partial charge in [0.15, 0.2) is 0 Å². The van der Waals surface area contributed by atoms with Gasteiger partial charge in [0.2, 0.25) is 5.91 Å². The molecule has 39 heavy (non-hydrogen) atoms. The van der Waals surface area contributed by atoms with E-state index in [1.54, 1.807) is 69.3 Å². The molecule has 0 unspecified atom stereocenters. The molecular weight excluding hydrogens is 540 g/mol. The van der Waals surface area contributed by atoms with Crippen molar-refractivity contribution in [2.24, 2.45) is 0 Å². The summed E-state index contributed by atoms with van der Waals surface area (Å²) in [5.41, 5.74) is 2.40. The van der Waals surface area contributed by atoms with Crippen LogP contribution in [0.15, 0.2) is 65.6 Å². The SMILES string of the molecule is CCOC(=O)C1(c2ccc(NC(=O)CN(c3ccc(C)c(Cl)c3)S(=O)(=O)c3cc(C)ccc3OC)cc2)CC1. The van der Waals surface area contributed by atoms with Crippen molar-refractivity contribution in [3.05, 3.63) is 82.4 Å². The smallest absolute Gasteiger partial charge is 0.316 e. The molecule has 1 N–H and O–H groups in total. The fraction of sp³-hybridized carbons (Fsp3) is 0.310. The number of rotatable bonds is 10. The lowest BCUT2D eigenvalue weighted by molar-refractivity contribution is -0.146. The van der Waals surface area contributed by atoms with E-state index in [1.807, 2.05) is 0 Å². The minimum Gasteiger partial charge on any atom is -0.495 e. The second-order valence-electron chi connectivity index (χ2n) is 9.53. The Kier molecular flexibility index (Phi) is 8.23. The van der Waals surface area contributed by atoms with Crippen molar-refractivity contribution in [2.75, 3.05) is 29.9 Å². The van der Waals surface area contributed by atoms with E-state index >= 15 is 0 Å². The third kappa shape index (κ3) is 5.89. The van der Waals surface area contributed by atoms with Crippen LogP contribution >= 0.6 is 11.6 Å². The lowest BCUT2D eigenvalue weighted by Gasteiger charge is -2.25. The van der Waals surface area contributed by atoms with Gasteiger partial charge in [0.25, 0.3) is 10.0 Å². The van der Waals surface area contributed by atoms with Gasteiger partial charge in [0, 0.05) is 10.7 Å². The Balaban J connectivity index is 1.61. The molecule has 0 atom stereocenters. The van der Waals surface area contributed by atoms with Gasteiger partial charge in [0.05, 0.1) is 24.8 Å². The summed E-state index contributed by atoms with van der Waals surface area (Å²) in [6.07, 6.45) is 1.43. The molecule has 0 aromatic heterocycles. The van der Waals surface area contributed by atoms with E-state index in [9.17, 15) is 18.0 Å². The minimum absolute atomic E-state index is 0.0625. The van der Waals surface area contributed by atoms with Gasteiger partial charge in [-0.2, -0.15) is 0 Å². The summed E-state index contributed by atoms with van der Waals surface area (Å²) in [7, 11) is -2.84. The topological polar surface area (TPSA) is 102 Å². The Morgan fingerprint density at radius 1 is 1.03 bits per heavy atom.